The van der Waals surface area contributed by atoms with Gasteiger partial charge in [-0.25, -0.2) is 0 Å². The van der Waals surface area contributed by atoms with Crippen LogP contribution in [-0.4, -0.2) is 36.9 Å². The number of hydrogen-bond donors (Lipinski definition) is 0. The second-order valence-electron chi connectivity index (χ2n) is 3.54. The van der Waals surface area contributed by atoms with E-state index in [1.54, 1.807) is 11.8 Å². The van der Waals surface area contributed by atoms with Crippen molar-refractivity contribution in [2.45, 2.75) is 17.9 Å². The van der Waals surface area contributed by atoms with Crippen LogP contribution in [0.25, 0.3) is 0 Å². The average Bonchev–Trinajstić information content (AvgIpc) is 2.35. The monoisotopic (exact) mass is 239 g/mol. The molecule has 1 rings (SSSR count). The van der Waals surface area contributed by atoms with Gasteiger partial charge in [0.1, 0.15) is 6.04 Å². The van der Waals surface area contributed by atoms with E-state index in [0.29, 0.717) is 0 Å². The molecular weight excluding hydrogens is 222 g/mol. The molecule has 0 aliphatic rings. The van der Waals surface area contributed by atoms with E-state index in [0.717, 1.165) is 5.88 Å². The van der Waals surface area contributed by atoms with Crippen LogP contribution in [0, 0.1) is 0 Å². The molecule has 1 atom stereocenters. The second kappa shape index (κ2) is 6.55. The molecule has 0 fully saturated rings. The van der Waals surface area contributed by atoms with E-state index in [4.69, 9.17) is 4.74 Å². The number of carbonyl (C=O) groups excluding carboxylic acids is 1. The number of thioether (sulfide) groups is 1. The Morgan fingerprint density at radius 1 is 1.44 bits per heavy atom. The Kier molecular flexibility index (Phi) is 5.35. The minimum atomic E-state index is -0.207. The standard InChI is InChI=1S/C12H17NO2S/c1-10(12(14)15-3)13(2)9-16-11-7-5-4-6-8-11/h4-8,10H,9H2,1-3H3/t10-/m0/s1. The highest BCUT2D eigenvalue weighted by atomic mass is 32.2. The summed E-state index contributed by atoms with van der Waals surface area (Å²) in [5.41, 5.74) is 0. The maximum absolute atomic E-state index is 11.3. The van der Waals surface area contributed by atoms with Gasteiger partial charge in [-0.3, -0.25) is 9.69 Å². The lowest BCUT2D eigenvalue weighted by Gasteiger charge is -2.21. The third-order valence-corrected chi connectivity index (χ3v) is 3.52. The van der Waals surface area contributed by atoms with E-state index in [-0.39, 0.29) is 12.0 Å². The van der Waals surface area contributed by atoms with Crippen LogP contribution < -0.4 is 0 Å². The fraction of sp³-hybridized carbons (Fsp3) is 0.417. The smallest absolute Gasteiger partial charge is 0.322 e. The van der Waals surface area contributed by atoms with Crippen molar-refractivity contribution in [3.63, 3.8) is 0 Å². The summed E-state index contributed by atoms with van der Waals surface area (Å²) >= 11 is 1.70. The Bertz CT molecular complexity index is 329. The van der Waals surface area contributed by atoms with Crippen LogP contribution in [0.5, 0.6) is 0 Å². The number of benzene rings is 1. The van der Waals surface area contributed by atoms with Crippen LogP contribution in [0.4, 0.5) is 0 Å². The van der Waals surface area contributed by atoms with Crippen molar-refractivity contribution in [3.8, 4) is 0 Å². The number of hydrogen-bond acceptors (Lipinski definition) is 4. The van der Waals surface area contributed by atoms with Crippen LogP contribution in [0.1, 0.15) is 6.92 Å². The minimum Gasteiger partial charge on any atom is -0.468 e. The highest BCUT2D eigenvalue weighted by Gasteiger charge is 2.17. The summed E-state index contributed by atoms with van der Waals surface area (Å²) in [7, 11) is 3.33. The molecular formula is C12H17NO2S. The zero-order valence-electron chi connectivity index (χ0n) is 9.84. The van der Waals surface area contributed by atoms with E-state index < -0.39 is 0 Å². The zero-order chi connectivity index (χ0) is 12.0. The summed E-state index contributed by atoms with van der Waals surface area (Å²) in [6.45, 7) is 1.84. The van der Waals surface area contributed by atoms with Crippen molar-refractivity contribution in [3.05, 3.63) is 30.3 Å². The number of nitrogens with zero attached hydrogens (tertiary/aromatic N) is 1. The number of rotatable bonds is 5. The van der Waals surface area contributed by atoms with Crippen molar-refractivity contribution in [1.82, 2.24) is 4.90 Å². The van der Waals surface area contributed by atoms with Crippen LogP contribution in [0.15, 0.2) is 35.2 Å². The maximum Gasteiger partial charge on any atom is 0.322 e. The van der Waals surface area contributed by atoms with Gasteiger partial charge in [0, 0.05) is 10.8 Å². The van der Waals surface area contributed by atoms with E-state index in [2.05, 4.69) is 12.1 Å². The molecule has 0 aliphatic heterocycles. The first-order chi connectivity index (χ1) is 7.65. The Morgan fingerprint density at radius 2 is 2.06 bits per heavy atom. The van der Waals surface area contributed by atoms with Gasteiger partial charge in [0.25, 0.3) is 0 Å². The summed E-state index contributed by atoms with van der Waals surface area (Å²) in [6, 6.07) is 9.91. The molecule has 0 saturated carbocycles. The summed E-state index contributed by atoms with van der Waals surface area (Å²) in [5, 5.41) is 0. The maximum atomic E-state index is 11.3. The molecule has 16 heavy (non-hydrogen) atoms. The van der Waals surface area contributed by atoms with Gasteiger partial charge in [-0.1, -0.05) is 18.2 Å². The van der Waals surface area contributed by atoms with Gasteiger partial charge in [0.2, 0.25) is 0 Å². The van der Waals surface area contributed by atoms with Crippen molar-refractivity contribution < 1.29 is 9.53 Å². The van der Waals surface area contributed by atoms with Crippen LogP contribution in [0.2, 0.25) is 0 Å². The van der Waals surface area contributed by atoms with Crippen LogP contribution in [0.3, 0.4) is 0 Å². The predicted octanol–water partition coefficient (Wildman–Crippen LogP) is 2.23. The molecule has 0 spiro atoms. The van der Waals surface area contributed by atoms with Gasteiger partial charge in [-0.15, -0.1) is 11.8 Å². The summed E-state index contributed by atoms with van der Waals surface area (Å²) in [5.74, 6) is 0.566. The van der Waals surface area contributed by atoms with Gasteiger partial charge in [0.05, 0.1) is 7.11 Å². The lowest BCUT2D eigenvalue weighted by molar-refractivity contribution is -0.145. The van der Waals surface area contributed by atoms with Gasteiger partial charge < -0.3 is 4.74 Å². The number of carbonyl (C=O) groups is 1. The van der Waals surface area contributed by atoms with E-state index in [9.17, 15) is 4.79 Å². The van der Waals surface area contributed by atoms with Gasteiger partial charge in [-0.2, -0.15) is 0 Å². The molecule has 0 amide bonds. The largest absolute Gasteiger partial charge is 0.468 e. The highest BCUT2D eigenvalue weighted by molar-refractivity contribution is 7.99. The predicted molar refractivity (Wildman–Crippen MR) is 66.4 cm³/mol. The normalized spacial score (nSPS) is 12.5. The minimum absolute atomic E-state index is 0.198. The molecule has 88 valence electrons. The van der Waals surface area contributed by atoms with Gasteiger partial charge in [-0.05, 0) is 26.1 Å². The molecule has 0 radical (unpaired) electrons. The van der Waals surface area contributed by atoms with Crippen molar-refractivity contribution in [1.29, 1.82) is 0 Å². The third-order valence-electron chi connectivity index (χ3n) is 2.38. The molecule has 0 aromatic heterocycles. The molecule has 0 heterocycles. The van der Waals surface area contributed by atoms with Crippen molar-refractivity contribution in [2.24, 2.45) is 0 Å². The Labute approximate surface area is 101 Å². The van der Waals surface area contributed by atoms with Crippen molar-refractivity contribution >= 4 is 17.7 Å². The molecule has 0 unspecified atom stereocenters. The first kappa shape index (κ1) is 13.1. The van der Waals surface area contributed by atoms with Gasteiger partial charge >= 0.3 is 5.97 Å². The number of esters is 1. The Balaban J connectivity index is 2.41. The topological polar surface area (TPSA) is 29.5 Å². The fourth-order valence-electron chi connectivity index (χ4n) is 1.16. The zero-order valence-corrected chi connectivity index (χ0v) is 10.7. The Hall–Kier alpha value is -1.00. The van der Waals surface area contributed by atoms with Gasteiger partial charge in [0.15, 0.2) is 0 Å². The quantitative estimate of drug-likeness (QED) is 0.448. The molecule has 1 aromatic rings. The number of likely N-dealkylation sites (N-methyl/N-ethyl adjacent to an activating group) is 1. The Morgan fingerprint density at radius 3 is 2.62 bits per heavy atom. The van der Waals surface area contributed by atoms with E-state index in [1.165, 1.54) is 12.0 Å². The lowest BCUT2D eigenvalue weighted by Crippen LogP contribution is -2.36. The summed E-state index contributed by atoms with van der Waals surface area (Å²) in [4.78, 5) is 14.5. The molecule has 3 nitrogen and oxygen atoms in total. The van der Waals surface area contributed by atoms with E-state index in [1.807, 2.05) is 37.1 Å². The average molecular weight is 239 g/mol. The molecule has 0 saturated heterocycles. The third kappa shape index (κ3) is 3.87. The number of ether oxygens (including phenoxy) is 1. The molecule has 0 N–H and O–H groups in total. The fourth-order valence-corrected chi connectivity index (χ4v) is 2.08. The summed E-state index contributed by atoms with van der Waals surface area (Å²) in [6.07, 6.45) is 0. The SMILES string of the molecule is COC(=O)[C@H](C)N(C)CSc1ccccc1. The lowest BCUT2D eigenvalue weighted by atomic mass is 10.3. The first-order valence-electron chi connectivity index (χ1n) is 5.11. The second-order valence-corrected chi connectivity index (χ2v) is 4.56. The first-order valence-corrected chi connectivity index (χ1v) is 6.09. The summed E-state index contributed by atoms with van der Waals surface area (Å²) < 4.78 is 4.70. The van der Waals surface area contributed by atoms with Crippen molar-refractivity contribution in [2.75, 3.05) is 20.0 Å². The van der Waals surface area contributed by atoms with Crippen LogP contribution >= 0.6 is 11.8 Å². The number of methoxy groups -OCH3 is 1. The molecule has 0 aliphatic carbocycles. The highest BCUT2D eigenvalue weighted by Crippen LogP contribution is 2.18. The molecule has 0 bridgehead atoms. The van der Waals surface area contributed by atoms with Crippen LogP contribution in [-0.2, 0) is 9.53 Å². The van der Waals surface area contributed by atoms with E-state index >= 15 is 0 Å². The molecule has 4 heteroatoms. The molecule has 1 aromatic carbocycles.